The fraction of sp³-hybridized carbons (Fsp3) is 0.0909. The lowest BCUT2D eigenvalue weighted by Crippen LogP contribution is -2.32. The van der Waals surface area contributed by atoms with E-state index in [1.54, 1.807) is 30.3 Å². The van der Waals surface area contributed by atoms with Gasteiger partial charge in [0, 0.05) is 34.4 Å². The third-order valence-electron chi connectivity index (χ3n) is 5.29. The van der Waals surface area contributed by atoms with Crippen molar-refractivity contribution >= 4 is 11.8 Å². The van der Waals surface area contributed by atoms with Crippen molar-refractivity contribution in [3.8, 4) is 23.0 Å². The highest BCUT2D eigenvalue weighted by atomic mass is 16.6. The SMILES string of the molecule is NCC(=O)c1cccc2c1C(=O)OC21c2ccc(O)cc2Oc2cc(O)ccc21. The molecule has 29 heavy (non-hydrogen) atoms. The van der Waals surface area contributed by atoms with Crippen LogP contribution in [0.15, 0.2) is 54.6 Å². The van der Waals surface area contributed by atoms with Gasteiger partial charge in [-0.05, 0) is 24.3 Å². The van der Waals surface area contributed by atoms with Crippen molar-refractivity contribution in [1.82, 2.24) is 0 Å². The molecule has 0 saturated carbocycles. The number of Topliss-reactive ketones (excluding diaryl/α,β-unsaturated/α-hetero) is 1. The Balaban J connectivity index is 1.89. The normalized spacial score (nSPS) is 15.1. The van der Waals surface area contributed by atoms with Crippen LogP contribution in [0.2, 0.25) is 0 Å². The summed E-state index contributed by atoms with van der Waals surface area (Å²) in [5, 5.41) is 19.8. The second-order valence-corrected chi connectivity index (χ2v) is 6.89. The standard InChI is InChI=1S/C22H15NO6/c23-10-17(26)13-2-1-3-16-20(13)21(27)29-22(16)14-6-4-11(24)8-18(14)28-19-9-12(25)5-7-15(19)22/h1-9,24-25H,10,23H2. The second kappa shape index (κ2) is 5.83. The summed E-state index contributed by atoms with van der Waals surface area (Å²) >= 11 is 0. The van der Waals surface area contributed by atoms with Crippen molar-refractivity contribution < 1.29 is 29.3 Å². The number of fused-ring (bicyclic) bond motifs is 6. The van der Waals surface area contributed by atoms with Gasteiger partial charge in [-0.3, -0.25) is 4.79 Å². The zero-order valence-corrected chi connectivity index (χ0v) is 15.0. The van der Waals surface area contributed by atoms with Crippen LogP contribution < -0.4 is 10.5 Å². The number of carbonyl (C=O) groups excluding carboxylic acids is 2. The maximum Gasteiger partial charge on any atom is 0.340 e. The van der Waals surface area contributed by atoms with Crippen molar-refractivity contribution in [3.05, 3.63) is 82.4 Å². The summed E-state index contributed by atoms with van der Waals surface area (Å²) in [6, 6.07) is 13.9. The Labute approximate surface area is 164 Å². The lowest BCUT2D eigenvalue weighted by atomic mass is 9.77. The number of hydrogen-bond acceptors (Lipinski definition) is 7. The number of rotatable bonds is 2. The molecule has 7 nitrogen and oxygen atoms in total. The zero-order chi connectivity index (χ0) is 20.3. The van der Waals surface area contributed by atoms with Crippen molar-refractivity contribution in [2.24, 2.45) is 5.73 Å². The van der Waals surface area contributed by atoms with Gasteiger partial charge < -0.3 is 25.4 Å². The highest BCUT2D eigenvalue weighted by molar-refractivity contribution is 6.10. The van der Waals surface area contributed by atoms with Gasteiger partial charge >= 0.3 is 5.97 Å². The van der Waals surface area contributed by atoms with E-state index in [9.17, 15) is 19.8 Å². The smallest absolute Gasteiger partial charge is 0.340 e. The maximum absolute atomic E-state index is 13.0. The Morgan fingerprint density at radius 3 is 2.14 bits per heavy atom. The van der Waals surface area contributed by atoms with Gasteiger partial charge in [-0.1, -0.05) is 18.2 Å². The molecule has 0 saturated heterocycles. The molecule has 2 heterocycles. The van der Waals surface area contributed by atoms with E-state index < -0.39 is 11.6 Å². The molecule has 0 aromatic heterocycles. The predicted octanol–water partition coefficient (Wildman–Crippen LogP) is 2.81. The van der Waals surface area contributed by atoms with E-state index in [2.05, 4.69) is 0 Å². The van der Waals surface area contributed by atoms with Crippen LogP contribution in [0.3, 0.4) is 0 Å². The summed E-state index contributed by atoms with van der Waals surface area (Å²) in [6.07, 6.45) is 0. The first-order valence-electron chi connectivity index (χ1n) is 8.90. The van der Waals surface area contributed by atoms with Crippen LogP contribution in [-0.2, 0) is 10.3 Å². The van der Waals surface area contributed by atoms with Gasteiger partial charge in [0.25, 0.3) is 0 Å². The van der Waals surface area contributed by atoms with Gasteiger partial charge in [0.2, 0.25) is 0 Å². The number of phenolic OH excluding ortho intramolecular Hbond substituents is 2. The summed E-state index contributed by atoms with van der Waals surface area (Å²) in [6.45, 7) is -0.241. The number of aromatic hydroxyl groups is 2. The molecular weight excluding hydrogens is 374 g/mol. The molecule has 5 rings (SSSR count). The molecule has 0 bridgehead atoms. The highest BCUT2D eigenvalue weighted by Gasteiger charge is 2.54. The van der Waals surface area contributed by atoms with E-state index in [0.717, 1.165) is 0 Å². The van der Waals surface area contributed by atoms with E-state index in [1.165, 1.54) is 24.3 Å². The minimum Gasteiger partial charge on any atom is -0.508 e. The van der Waals surface area contributed by atoms with Crippen molar-refractivity contribution in [1.29, 1.82) is 0 Å². The average molecular weight is 389 g/mol. The minimum atomic E-state index is -1.39. The molecule has 144 valence electrons. The second-order valence-electron chi connectivity index (χ2n) is 6.89. The monoisotopic (exact) mass is 389 g/mol. The summed E-state index contributed by atoms with van der Waals surface area (Å²) in [7, 11) is 0. The molecule has 0 fully saturated rings. The quantitative estimate of drug-likeness (QED) is 0.455. The molecule has 1 spiro atoms. The number of ether oxygens (including phenoxy) is 2. The topological polar surface area (TPSA) is 119 Å². The molecule has 3 aromatic carbocycles. The van der Waals surface area contributed by atoms with Gasteiger partial charge in [-0.2, -0.15) is 0 Å². The molecule has 0 radical (unpaired) electrons. The van der Waals surface area contributed by atoms with E-state index in [-0.39, 0.29) is 46.5 Å². The van der Waals surface area contributed by atoms with Gasteiger partial charge in [-0.15, -0.1) is 0 Å². The molecule has 0 aliphatic carbocycles. The predicted molar refractivity (Wildman–Crippen MR) is 101 cm³/mol. The van der Waals surface area contributed by atoms with E-state index >= 15 is 0 Å². The Kier molecular flexibility index (Phi) is 3.47. The summed E-state index contributed by atoms with van der Waals surface area (Å²) in [4.78, 5) is 25.3. The summed E-state index contributed by atoms with van der Waals surface area (Å²) in [5.41, 5.74) is 5.96. The van der Waals surface area contributed by atoms with Crippen molar-refractivity contribution in [2.75, 3.05) is 6.54 Å². The van der Waals surface area contributed by atoms with Crippen LogP contribution >= 0.6 is 0 Å². The summed E-state index contributed by atoms with van der Waals surface area (Å²) < 4.78 is 11.8. The Hall–Kier alpha value is -3.84. The van der Waals surface area contributed by atoms with Crippen LogP contribution in [0, 0.1) is 0 Å². The van der Waals surface area contributed by atoms with Crippen LogP contribution in [0.1, 0.15) is 37.4 Å². The number of ketones is 1. The fourth-order valence-electron chi connectivity index (χ4n) is 4.09. The van der Waals surface area contributed by atoms with Gasteiger partial charge in [0.15, 0.2) is 11.4 Å². The largest absolute Gasteiger partial charge is 0.508 e. The van der Waals surface area contributed by atoms with Crippen LogP contribution in [0.25, 0.3) is 0 Å². The number of phenols is 2. The Morgan fingerprint density at radius 1 is 0.931 bits per heavy atom. The van der Waals surface area contributed by atoms with Crippen molar-refractivity contribution in [2.45, 2.75) is 5.60 Å². The lowest BCUT2D eigenvalue weighted by molar-refractivity contribution is 0.0223. The molecule has 0 atom stereocenters. The first-order chi connectivity index (χ1) is 14.0. The molecule has 4 N–H and O–H groups in total. The van der Waals surface area contributed by atoms with Crippen LogP contribution in [0.5, 0.6) is 23.0 Å². The first-order valence-corrected chi connectivity index (χ1v) is 8.90. The number of hydrogen-bond donors (Lipinski definition) is 3. The van der Waals surface area contributed by atoms with Crippen molar-refractivity contribution in [3.63, 3.8) is 0 Å². The molecule has 2 aliphatic heterocycles. The average Bonchev–Trinajstić information content (AvgIpc) is 3.00. The first kappa shape index (κ1) is 17.3. The van der Waals surface area contributed by atoms with Gasteiger partial charge in [0.1, 0.15) is 23.0 Å². The Morgan fingerprint density at radius 2 is 1.55 bits per heavy atom. The van der Waals surface area contributed by atoms with Crippen LogP contribution in [-0.4, -0.2) is 28.5 Å². The number of esters is 1. The fourth-order valence-corrected chi connectivity index (χ4v) is 4.09. The lowest BCUT2D eigenvalue weighted by Gasteiger charge is -2.36. The minimum absolute atomic E-state index is 0.0286. The molecule has 0 amide bonds. The molecule has 0 unspecified atom stereocenters. The molecule has 7 heteroatoms. The third-order valence-corrected chi connectivity index (χ3v) is 5.29. The zero-order valence-electron chi connectivity index (χ0n) is 15.0. The van der Waals surface area contributed by atoms with Crippen LogP contribution in [0.4, 0.5) is 0 Å². The Bertz CT molecular complexity index is 1160. The van der Waals surface area contributed by atoms with Gasteiger partial charge in [-0.25, -0.2) is 4.79 Å². The molecule has 3 aromatic rings. The van der Waals surface area contributed by atoms with E-state index in [4.69, 9.17) is 15.2 Å². The van der Waals surface area contributed by atoms with E-state index in [1.807, 2.05) is 0 Å². The number of carbonyl (C=O) groups is 2. The molecule has 2 aliphatic rings. The third kappa shape index (κ3) is 2.22. The number of nitrogens with two attached hydrogens (primary N) is 1. The van der Waals surface area contributed by atoms with E-state index in [0.29, 0.717) is 16.7 Å². The number of benzene rings is 3. The maximum atomic E-state index is 13.0. The molecular formula is C22H15NO6. The highest BCUT2D eigenvalue weighted by Crippen LogP contribution is 2.57. The summed E-state index contributed by atoms with van der Waals surface area (Å²) in [5.74, 6) is -0.533. The van der Waals surface area contributed by atoms with Gasteiger partial charge in [0.05, 0.1) is 12.1 Å².